The minimum atomic E-state index is 0.0737. The number of hydrogen-bond donors (Lipinski definition) is 0. The highest BCUT2D eigenvalue weighted by Gasteiger charge is 2.01. The molecule has 0 saturated heterocycles. The summed E-state index contributed by atoms with van der Waals surface area (Å²) in [6.07, 6.45) is 0. The molecule has 1 aromatic carbocycles. The van der Waals surface area contributed by atoms with Crippen LogP contribution >= 0.6 is 11.8 Å². The Labute approximate surface area is 103 Å². The van der Waals surface area contributed by atoms with Crippen LogP contribution < -0.4 is 0 Å². The van der Waals surface area contributed by atoms with Gasteiger partial charge in [0.2, 0.25) is 0 Å². The van der Waals surface area contributed by atoms with E-state index in [1.165, 1.54) is 10.5 Å². The Morgan fingerprint density at radius 3 is 2.19 bits per heavy atom. The van der Waals surface area contributed by atoms with Crippen molar-refractivity contribution in [2.24, 2.45) is 0 Å². The molecule has 0 aromatic heterocycles. The molecule has 1 nitrogen and oxygen atoms in total. The Balaban J connectivity index is 0.00000106. The SMILES string of the molecule is C=C(CSc1ccc(C)cc1)C(C)=O.CC. The minimum Gasteiger partial charge on any atom is -0.295 e. The standard InChI is InChI=1S/C12H14OS.C2H6/c1-9-4-6-12(7-5-9)14-8-10(2)11(3)13;1-2/h4-7H,2,8H2,1,3H3;1-2H3. The number of hydrogen-bond acceptors (Lipinski definition) is 2. The summed E-state index contributed by atoms with van der Waals surface area (Å²) < 4.78 is 0. The average molecular weight is 236 g/mol. The van der Waals surface area contributed by atoms with E-state index >= 15 is 0 Å². The lowest BCUT2D eigenvalue weighted by Crippen LogP contribution is -1.96. The topological polar surface area (TPSA) is 17.1 Å². The molecule has 0 heterocycles. The fourth-order valence-electron chi connectivity index (χ4n) is 0.907. The number of rotatable bonds is 4. The normalized spacial score (nSPS) is 9.00. The highest BCUT2D eigenvalue weighted by molar-refractivity contribution is 7.99. The van der Waals surface area contributed by atoms with Crippen LogP contribution in [0.25, 0.3) is 0 Å². The molecule has 0 radical (unpaired) electrons. The zero-order chi connectivity index (χ0) is 12.6. The predicted molar refractivity (Wildman–Crippen MR) is 73.1 cm³/mol. The number of aryl methyl sites for hydroxylation is 1. The third-order valence-corrected chi connectivity index (χ3v) is 3.03. The van der Waals surface area contributed by atoms with Gasteiger partial charge in [-0.15, -0.1) is 11.8 Å². The largest absolute Gasteiger partial charge is 0.295 e. The second-order valence-corrected chi connectivity index (χ2v) is 4.31. The predicted octanol–water partition coefficient (Wildman–Crippen LogP) is 4.26. The van der Waals surface area contributed by atoms with Crippen molar-refractivity contribution in [2.75, 3.05) is 5.75 Å². The summed E-state index contributed by atoms with van der Waals surface area (Å²) in [7, 11) is 0. The number of benzene rings is 1. The van der Waals surface area contributed by atoms with Crippen molar-refractivity contribution in [3.8, 4) is 0 Å². The second-order valence-electron chi connectivity index (χ2n) is 3.26. The summed E-state index contributed by atoms with van der Waals surface area (Å²) in [5.74, 6) is 0.753. The Hall–Kier alpha value is -1.02. The Morgan fingerprint density at radius 2 is 1.75 bits per heavy atom. The quantitative estimate of drug-likeness (QED) is 0.574. The Kier molecular flexibility index (Phi) is 7.65. The van der Waals surface area contributed by atoms with E-state index in [0.29, 0.717) is 11.3 Å². The average Bonchev–Trinajstić information content (AvgIpc) is 2.30. The number of thioether (sulfide) groups is 1. The Bertz CT molecular complexity index is 338. The molecule has 0 atom stereocenters. The van der Waals surface area contributed by atoms with Gasteiger partial charge in [0.1, 0.15) is 0 Å². The third-order valence-electron chi connectivity index (χ3n) is 1.93. The van der Waals surface area contributed by atoms with Crippen molar-refractivity contribution in [3.05, 3.63) is 42.0 Å². The van der Waals surface area contributed by atoms with Gasteiger partial charge in [0.15, 0.2) is 5.78 Å². The van der Waals surface area contributed by atoms with Gasteiger partial charge in [0.25, 0.3) is 0 Å². The van der Waals surface area contributed by atoms with E-state index in [9.17, 15) is 4.79 Å². The lowest BCUT2D eigenvalue weighted by Gasteiger charge is -2.02. The minimum absolute atomic E-state index is 0.0737. The van der Waals surface area contributed by atoms with E-state index in [2.05, 4.69) is 37.8 Å². The van der Waals surface area contributed by atoms with E-state index in [0.717, 1.165) is 0 Å². The van der Waals surface area contributed by atoms with Gasteiger partial charge >= 0.3 is 0 Å². The summed E-state index contributed by atoms with van der Waals surface area (Å²) in [5, 5.41) is 0. The summed E-state index contributed by atoms with van der Waals surface area (Å²) in [4.78, 5) is 12.1. The monoisotopic (exact) mass is 236 g/mol. The van der Waals surface area contributed by atoms with Gasteiger partial charge in [-0.3, -0.25) is 4.79 Å². The van der Waals surface area contributed by atoms with Gasteiger partial charge < -0.3 is 0 Å². The molecule has 88 valence electrons. The molecule has 0 saturated carbocycles. The van der Waals surface area contributed by atoms with Gasteiger partial charge in [-0.2, -0.15) is 0 Å². The molecule has 16 heavy (non-hydrogen) atoms. The molecule has 1 rings (SSSR count). The van der Waals surface area contributed by atoms with Crippen LogP contribution in [0.4, 0.5) is 0 Å². The van der Waals surface area contributed by atoms with Crippen LogP contribution in [-0.4, -0.2) is 11.5 Å². The molecule has 0 spiro atoms. The fraction of sp³-hybridized carbons (Fsp3) is 0.357. The van der Waals surface area contributed by atoms with Crippen LogP contribution in [-0.2, 0) is 4.79 Å². The summed E-state index contributed by atoms with van der Waals surface area (Å²) in [6, 6.07) is 8.26. The van der Waals surface area contributed by atoms with Crippen molar-refractivity contribution >= 4 is 17.5 Å². The first-order valence-corrected chi connectivity index (χ1v) is 6.46. The number of carbonyl (C=O) groups excluding carboxylic acids is 1. The van der Waals surface area contributed by atoms with E-state index in [-0.39, 0.29) is 5.78 Å². The third kappa shape index (κ3) is 5.76. The summed E-state index contributed by atoms with van der Waals surface area (Å²) >= 11 is 1.65. The molecule has 0 unspecified atom stereocenters. The zero-order valence-electron chi connectivity index (χ0n) is 10.5. The molecule has 0 N–H and O–H groups in total. The molecular formula is C14H20OS. The highest BCUT2D eigenvalue weighted by atomic mass is 32.2. The molecular weight excluding hydrogens is 216 g/mol. The number of Topliss-reactive ketones (excluding diaryl/α,β-unsaturated/α-hetero) is 1. The maximum atomic E-state index is 10.9. The van der Waals surface area contributed by atoms with E-state index < -0.39 is 0 Å². The van der Waals surface area contributed by atoms with Crippen LogP contribution in [0.2, 0.25) is 0 Å². The van der Waals surface area contributed by atoms with Crippen LogP contribution in [0.15, 0.2) is 41.3 Å². The van der Waals surface area contributed by atoms with Crippen LogP contribution in [0.3, 0.4) is 0 Å². The zero-order valence-corrected chi connectivity index (χ0v) is 11.4. The number of carbonyl (C=O) groups is 1. The first kappa shape index (κ1) is 15.0. The maximum absolute atomic E-state index is 10.9. The second kappa shape index (κ2) is 8.17. The van der Waals surface area contributed by atoms with Gasteiger partial charge in [-0.25, -0.2) is 0 Å². The van der Waals surface area contributed by atoms with Crippen LogP contribution in [0.5, 0.6) is 0 Å². The van der Waals surface area contributed by atoms with Crippen LogP contribution in [0, 0.1) is 6.92 Å². The Morgan fingerprint density at radius 1 is 1.25 bits per heavy atom. The van der Waals surface area contributed by atoms with E-state index in [1.807, 2.05) is 13.8 Å². The summed E-state index contributed by atoms with van der Waals surface area (Å²) in [5.41, 5.74) is 1.93. The molecule has 2 heteroatoms. The van der Waals surface area contributed by atoms with Crippen molar-refractivity contribution in [3.63, 3.8) is 0 Å². The van der Waals surface area contributed by atoms with Gasteiger partial charge in [-0.05, 0) is 31.6 Å². The van der Waals surface area contributed by atoms with Gasteiger partial charge in [0, 0.05) is 10.6 Å². The van der Waals surface area contributed by atoms with Crippen molar-refractivity contribution in [2.45, 2.75) is 32.6 Å². The molecule has 0 aliphatic carbocycles. The molecule has 0 fully saturated rings. The van der Waals surface area contributed by atoms with Crippen molar-refractivity contribution < 1.29 is 4.79 Å². The van der Waals surface area contributed by atoms with Crippen molar-refractivity contribution in [1.29, 1.82) is 0 Å². The molecule has 0 amide bonds. The molecule has 0 aliphatic rings. The van der Waals surface area contributed by atoms with E-state index in [1.54, 1.807) is 18.7 Å². The van der Waals surface area contributed by atoms with Gasteiger partial charge in [-0.1, -0.05) is 38.1 Å². The lowest BCUT2D eigenvalue weighted by atomic mass is 10.2. The fourth-order valence-corrected chi connectivity index (χ4v) is 1.78. The molecule has 0 aliphatic heterocycles. The van der Waals surface area contributed by atoms with Crippen LogP contribution in [0.1, 0.15) is 26.3 Å². The first-order valence-electron chi connectivity index (χ1n) is 5.48. The van der Waals surface area contributed by atoms with Crippen molar-refractivity contribution in [1.82, 2.24) is 0 Å². The molecule has 1 aromatic rings. The number of ketones is 1. The summed E-state index contributed by atoms with van der Waals surface area (Å²) in [6.45, 7) is 11.3. The lowest BCUT2D eigenvalue weighted by molar-refractivity contribution is -0.113. The highest BCUT2D eigenvalue weighted by Crippen LogP contribution is 2.20. The smallest absolute Gasteiger partial charge is 0.156 e. The van der Waals surface area contributed by atoms with Gasteiger partial charge in [0.05, 0.1) is 0 Å². The molecule has 0 bridgehead atoms. The maximum Gasteiger partial charge on any atom is 0.156 e. The first-order chi connectivity index (χ1) is 7.59. The van der Waals surface area contributed by atoms with E-state index in [4.69, 9.17) is 0 Å².